The number of non-ortho nitro benzene ring substituents is 1. The van der Waals surface area contributed by atoms with Gasteiger partial charge in [-0.15, -0.1) is 0 Å². The van der Waals surface area contributed by atoms with Crippen LogP contribution in [0.1, 0.15) is 0 Å². The summed E-state index contributed by atoms with van der Waals surface area (Å²) < 4.78 is 12.9. The molecule has 0 N–H and O–H groups in total. The summed E-state index contributed by atoms with van der Waals surface area (Å²) in [4.78, 5) is 18.5. The Morgan fingerprint density at radius 2 is 1.79 bits per heavy atom. The van der Waals surface area contributed by atoms with Crippen LogP contribution in [-0.2, 0) is 0 Å². The number of halogens is 2. The molecule has 0 aromatic heterocycles. The van der Waals surface area contributed by atoms with Crippen molar-refractivity contribution in [1.29, 1.82) is 0 Å². The third kappa shape index (κ3) is 1.77. The van der Waals surface area contributed by atoms with Gasteiger partial charge in [0.05, 0.1) is 20.9 Å². The van der Waals surface area contributed by atoms with E-state index in [4.69, 9.17) is 11.6 Å². The first kappa shape index (κ1) is 10.3. The van der Waals surface area contributed by atoms with Crippen LogP contribution in [0.5, 0.6) is 0 Å². The zero-order valence-corrected chi connectivity index (χ0v) is 7.19. The van der Waals surface area contributed by atoms with Crippen LogP contribution in [0.25, 0.3) is 0 Å². The molecule has 1 aromatic carbocycles. The Morgan fingerprint density at radius 1 is 1.21 bits per heavy atom. The third-order valence-corrected chi connectivity index (χ3v) is 1.68. The van der Waals surface area contributed by atoms with Crippen LogP contribution in [0.3, 0.4) is 0 Å². The summed E-state index contributed by atoms with van der Waals surface area (Å²) in [5.41, 5.74) is -1.63. The van der Waals surface area contributed by atoms with Crippen molar-refractivity contribution in [3.63, 3.8) is 0 Å². The first-order valence-electron chi connectivity index (χ1n) is 3.21. The van der Waals surface area contributed by atoms with Crippen molar-refractivity contribution < 1.29 is 14.2 Å². The topological polar surface area (TPSA) is 86.3 Å². The zero-order chi connectivity index (χ0) is 10.9. The van der Waals surface area contributed by atoms with Crippen molar-refractivity contribution in [3.8, 4) is 0 Å². The molecule has 0 fully saturated rings. The maximum atomic E-state index is 12.9. The Hall–Kier alpha value is -1.76. The average Bonchev–Trinajstić information content (AvgIpc) is 2.08. The van der Waals surface area contributed by atoms with Gasteiger partial charge in [0.15, 0.2) is 0 Å². The van der Waals surface area contributed by atoms with E-state index in [1.165, 1.54) is 0 Å². The van der Waals surface area contributed by atoms with Gasteiger partial charge in [0.25, 0.3) is 5.69 Å². The molecule has 0 aliphatic heterocycles. The Labute approximate surface area is 81.2 Å². The van der Waals surface area contributed by atoms with Crippen LogP contribution in [0.15, 0.2) is 12.1 Å². The molecule has 0 saturated carbocycles. The number of rotatable bonds is 2. The van der Waals surface area contributed by atoms with Crippen molar-refractivity contribution in [2.75, 3.05) is 0 Å². The summed E-state index contributed by atoms with van der Waals surface area (Å²) in [7, 11) is 0. The Balaban J connectivity index is 3.43. The summed E-state index contributed by atoms with van der Waals surface area (Å²) in [6.07, 6.45) is 0. The molecule has 0 bridgehead atoms. The van der Waals surface area contributed by atoms with E-state index in [-0.39, 0.29) is 0 Å². The average molecular weight is 221 g/mol. The lowest BCUT2D eigenvalue weighted by Crippen LogP contribution is -1.96. The van der Waals surface area contributed by atoms with Gasteiger partial charge < -0.3 is 0 Å². The highest BCUT2D eigenvalue weighted by Gasteiger charge is 2.23. The number of nitro benzene ring substituents is 2. The minimum Gasteiger partial charge on any atom is -0.258 e. The standard InChI is InChI=1S/C6H2ClFN2O4/c7-4-1-3(9(11)12)2-5(6(4)8)10(13)14/h1-2H. The highest BCUT2D eigenvalue weighted by Crippen LogP contribution is 2.29. The highest BCUT2D eigenvalue weighted by molar-refractivity contribution is 6.31. The van der Waals surface area contributed by atoms with Crippen LogP contribution < -0.4 is 0 Å². The van der Waals surface area contributed by atoms with E-state index in [0.29, 0.717) is 12.1 Å². The fourth-order valence-electron chi connectivity index (χ4n) is 0.799. The number of hydrogen-bond donors (Lipinski definition) is 0. The molecule has 14 heavy (non-hydrogen) atoms. The summed E-state index contributed by atoms with van der Waals surface area (Å²) in [5, 5.41) is 19.8. The minimum atomic E-state index is -1.28. The quantitative estimate of drug-likeness (QED) is 0.565. The first-order valence-corrected chi connectivity index (χ1v) is 3.59. The second-order valence-corrected chi connectivity index (χ2v) is 2.68. The van der Waals surface area contributed by atoms with Gasteiger partial charge in [-0.2, -0.15) is 4.39 Å². The molecule has 0 saturated heterocycles. The lowest BCUT2D eigenvalue weighted by Gasteiger charge is -1.96. The summed E-state index contributed by atoms with van der Waals surface area (Å²) in [6.45, 7) is 0. The van der Waals surface area contributed by atoms with Gasteiger partial charge in [-0.05, 0) is 0 Å². The number of hydrogen-bond acceptors (Lipinski definition) is 4. The first-order chi connectivity index (χ1) is 6.43. The van der Waals surface area contributed by atoms with Crippen molar-refractivity contribution in [2.45, 2.75) is 0 Å². The molecule has 0 spiro atoms. The van der Waals surface area contributed by atoms with Crippen LogP contribution in [0, 0.1) is 26.0 Å². The molecular weight excluding hydrogens is 219 g/mol. The molecule has 74 valence electrons. The van der Waals surface area contributed by atoms with Gasteiger partial charge in [-0.1, -0.05) is 11.6 Å². The van der Waals surface area contributed by atoms with Gasteiger partial charge in [-0.25, -0.2) is 0 Å². The summed E-state index contributed by atoms with van der Waals surface area (Å²) in [5.74, 6) is -1.28. The molecular formula is C6H2ClFN2O4. The second-order valence-electron chi connectivity index (χ2n) is 2.27. The fraction of sp³-hybridized carbons (Fsp3) is 0. The van der Waals surface area contributed by atoms with Gasteiger partial charge in [0.2, 0.25) is 5.82 Å². The second kappa shape index (κ2) is 3.54. The van der Waals surface area contributed by atoms with Gasteiger partial charge in [0, 0.05) is 6.07 Å². The van der Waals surface area contributed by atoms with Crippen LogP contribution in [0.2, 0.25) is 5.02 Å². The number of benzene rings is 1. The van der Waals surface area contributed by atoms with Crippen molar-refractivity contribution in [2.24, 2.45) is 0 Å². The monoisotopic (exact) mass is 220 g/mol. The maximum absolute atomic E-state index is 12.9. The van der Waals surface area contributed by atoms with E-state index in [0.717, 1.165) is 0 Å². The molecule has 1 rings (SSSR count). The van der Waals surface area contributed by atoms with E-state index in [1.54, 1.807) is 0 Å². The summed E-state index contributed by atoms with van der Waals surface area (Å²) in [6, 6.07) is 1.23. The molecule has 0 amide bonds. The molecule has 0 heterocycles. The SMILES string of the molecule is O=[N+]([O-])c1cc(Cl)c(F)c([N+](=O)[O-])c1. The molecule has 1 aromatic rings. The van der Waals surface area contributed by atoms with Crippen LogP contribution >= 0.6 is 11.6 Å². The Bertz CT molecular complexity index is 423. The van der Waals surface area contributed by atoms with Crippen LogP contribution in [0.4, 0.5) is 15.8 Å². The molecule has 8 heteroatoms. The predicted molar refractivity (Wildman–Crippen MR) is 44.7 cm³/mol. The fourth-order valence-corrected chi connectivity index (χ4v) is 1.01. The molecule has 0 atom stereocenters. The molecule has 6 nitrogen and oxygen atoms in total. The highest BCUT2D eigenvalue weighted by atomic mass is 35.5. The lowest BCUT2D eigenvalue weighted by atomic mass is 10.3. The predicted octanol–water partition coefficient (Wildman–Crippen LogP) is 2.30. The maximum Gasteiger partial charge on any atom is 0.313 e. The van der Waals surface area contributed by atoms with Crippen molar-refractivity contribution in [1.82, 2.24) is 0 Å². The Kier molecular flexibility index (Phi) is 2.61. The van der Waals surface area contributed by atoms with E-state index < -0.39 is 32.1 Å². The third-order valence-electron chi connectivity index (χ3n) is 1.40. The molecule has 0 unspecified atom stereocenters. The van der Waals surface area contributed by atoms with Gasteiger partial charge >= 0.3 is 5.69 Å². The molecule has 0 radical (unpaired) electrons. The molecule has 0 aliphatic rings. The Morgan fingerprint density at radius 3 is 2.21 bits per heavy atom. The van der Waals surface area contributed by atoms with Crippen molar-refractivity contribution in [3.05, 3.63) is 43.2 Å². The normalized spacial score (nSPS) is 9.86. The van der Waals surface area contributed by atoms with E-state index >= 15 is 0 Å². The van der Waals surface area contributed by atoms with E-state index in [9.17, 15) is 24.6 Å². The van der Waals surface area contributed by atoms with E-state index in [2.05, 4.69) is 0 Å². The largest absolute Gasteiger partial charge is 0.313 e. The minimum absolute atomic E-state index is 0.515. The van der Waals surface area contributed by atoms with E-state index in [1.807, 2.05) is 0 Å². The zero-order valence-electron chi connectivity index (χ0n) is 6.44. The lowest BCUT2D eigenvalue weighted by molar-refractivity contribution is -0.395. The van der Waals surface area contributed by atoms with Gasteiger partial charge in [-0.3, -0.25) is 20.2 Å². The van der Waals surface area contributed by atoms with Crippen molar-refractivity contribution >= 4 is 23.0 Å². The number of nitrogens with zero attached hydrogens (tertiary/aromatic N) is 2. The summed E-state index contributed by atoms with van der Waals surface area (Å²) >= 11 is 5.22. The van der Waals surface area contributed by atoms with Crippen LogP contribution in [-0.4, -0.2) is 9.85 Å². The smallest absolute Gasteiger partial charge is 0.258 e. The molecule has 0 aliphatic carbocycles. The number of nitro groups is 2. The van der Waals surface area contributed by atoms with Gasteiger partial charge in [0.1, 0.15) is 0 Å².